The molecule has 8 atom stereocenters. The molecule has 12 heteroatoms. The predicted octanol–water partition coefficient (Wildman–Crippen LogP) is 5.65. The third kappa shape index (κ3) is 7.10. The number of anilines is 1. The largest absolute Gasteiger partial charge is 0.507 e. The fourth-order valence-corrected chi connectivity index (χ4v) is 6.72. The second-order valence-electron chi connectivity index (χ2n) is 13.6. The number of carbonyl (C=O) groups is 2. The van der Waals surface area contributed by atoms with Crippen molar-refractivity contribution in [3.63, 3.8) is 0 Å². The molecule has 0 radical (unpaired) electrons. The van der Waals surface area contributed by atoms with Gasteiger partial charge in [-0.05, 0) is 45.1 Å². The van der Waals surface area contributed by atoms with Gasteiger partial charge in [0.05, 0.1) is 46.8 Å². The highest BCUT2D eigenvalue weighted by atomic mass is 16.7. The van der Waals surface area contributed by atoms with Gasteiger partial charge in [-0.1, -0.05) is 45.9 Å². The van der Waals surface area contributed by atoms with Crippen LogP contribution in [0.4, 0.5) is 5.69 Å². The maximum atomic E-state index is 14.1. The number of fused-ring (bicyclic) bond motifs is 14. The van der Waals surface area contributed by atoms with E-state index in [2.05, 4.69) is 10.3 Å². The number of aromatic hydroxyl groups is 3. The van der Waals surface area contributed by atoms with Crippen molar-refractivity contribution in [3.05, 3.63) is 52.8 Å². The number of phenolic OH excluding ortho intramolecular Hbond substituents is 3. The Morgan fingerprint density at radius 3 is 2.32 bits per heavy atom. The summed E-state index contributed by atoms with van der Waals surface area (Å²) in [6.07, 6.45) is 7.44. The van der Waals surface area contributed by atoms with Crippen molar-refractivity contribution < 1.29 is 49.3 Å². The summed E-state index contributed by atoms with van der Waals surface area (Å²) < 4.78 is 17.7. The van der Waals surface area contributed by atoms with Crippen LogP contribution in [0.15, 0.2) is 41.1 Å². The van der Waals surface area contributed by atoms with E-state index < -0.39 is 59.0 Å². The van der Waals surface area contributed by atoms with Crippen LogP contribution in [-0.4, -0.2) is 81.2 Å². The fraction of sp³-hybridized carbons (Fsp3) is 0.500. The Morgan fingerprint density at radius 2 is 1.68 bits per heavy atom. The second kappa shape index (κ2) is 15.2. The van der Waals surface area contributed by atoms with Gasteiger partial charge in [-0.25, -0.2) is 0 Å². The number of Topliss-reactive ketones (excluding diaryl/α,β-unsaturated/α-hetero) is 1. The van der Waals surface area contributed by atoms with Crippen molar-refractivity contribution in [2.75, 3.05) is 19.0 Å². The summed E-state index contributed by atoms with van der Waals surface area (Å²) in [6.45, 7) is 14.0. The number of aliphatic hydroxyl groups excluding tert-OH is 2. The Labute approximate surface area is 292 Å². The molecule has 0 fully saturated rings. The van der Waals surface area contributed by atoms with E-state index in [1.54, 1.807) is 39.0 Å². The number of phenols is 3. The molecule has 6 N–H and O–H groups in total. The highest BCUT2D eigenvalue weighted by molar-refractivity contribution is 6.23. The minimum absolute atomic E-state index is 0.0399. The molecule has 1 amide bonds. The van der Waals surface area contributed by atoms with Gasteiger partial charge in [0, 0.05) is 55.2 Å². The second-order valence-corrected chi connectivity index (χ2v) is 13.6. The first-order valence-electron chi connectivity index (χ1n) is 16.9. The van der Waals surface area contributed by atoms with E-state index in [0.29, 0.717) is 13.0 Å². The highest BCUT2D eigenvalue weighted by Gasteiger charge is 2.49. The first-order chi connectivity index (χ1) is 23.5. The number of carbonyl (C=O) groups excluding carboxylic acids is 2. The van der Waals surface area contributed by atoms with E-state index in [1.165, 1.54) is 39.5 Å². The predicted molar refractivity (Wildman–Crippen MR) is 191 cm³/mol. The Balaban J connectivity index is 1.93. The molecule has 3 aliphatic rings. The number of nitrogens with one attached hydrogen (secondary N) is 1. The maximum absolute atomic E-state index is 14.1. The van der Waals surface area contributed by atoms with Crippen LogP contribution < -0.4 is 10.1 Å². The van der Waals surface area contributed by atoms with Gasteiger partial charge in [-0.2, -0.15) is 0 Å². The number of nitrogens with zero attached hydrogens (tertiary/aromatic N) is 1. The quantitative estimate of drug-likeness (QED) is 0.133. The lowest BCUT2D eigenvalue weighted by molar-refractivity contribution is -0.112. The topological polar surface area (TPSA) is 187 Å². The number of rotatable bonds is 3. The average molecular weight is 695 g/mol. The van der Waals surface area contributed by atoms with Crippen molar-refractivity contribution >= 4 is 34.4 Å². The Kier molecular flexibility index (Phi) is 11.7. The van der Waals surface area contributed by atoms with Crippen LogP contribution in [0.5, 0.6) is 23.0 Å². The van der Waals surface area contributed by atoms with Crippen molar-refractivity contribution in [1.29, 1.82) is 0 Å². The van der Waals surface area contributed by atoms with Crippen molar-refractivity contribution in [1.82, 2.24) is 0 Å². The number of methoxy groups -OCH3 is 1. The number of benzene rings is 2. The molecule has 0 aromatic heterocycles. The van der Waals surface area contributed by atoms with Crippen molar-refractivity contribution in [2.24, 2.45) is 28.7 Å². The van der Waals surface area contributed by atoms with E-state index >= 15 is 0 Å². The van der Waals surface area contributed by atoms with Gasteiger partial charge in [0.1, 0.15) is 17.2 Å². The van der Waals surface area contributed by atoms with Crippen LogP contribution in [-0.2, 0) is 14.3 Å². The first kappa shape index (κ1) is 38.4. The number of hydrogen-bond donors (Lipinski definition) is 6. The summed E-state index contributed by atoms with van der Waals surface area (Å²) in [5.41, 5.74) is -0.120. The molecule has 5 rings (SSSR count). The summed E-state index contributed by atoms with van der Waals surface area (Å²) in [5.74, 6) is -6.03. The molecule has 3 heterocycles. The lowest BCUT2D eigenvalue weighted by atomic mass is 9.80. The molecule has 3 aliphatic heterocycles. The number of ether oxygens (including phenoxy) is 3. The van der Waals surface area contributed by atoms with Crippen LogP contribution in [0.3, 0.4) is 0 Å². The molecule has 0 saturated heterocycles. The summed E-state index contributed by atoms with van der Waals surface area (Å²) >= 11 is 0. The molecule has 272 valence electrons. The Morgan fingerprint density at radius 1 is 1.00 bits per heavy atom. The number of allylic oxidation sites excluding steroid dienone is 2. The van der Waals surface area contributed by atoms with Gasteiger partial charge >= 0.3 is 5.79 Å². The monoisotopic (exact) mass is 694 g/mol. The molecule has 12 nitrogen and oxygen atoms in total. The standard InChI is InChI=1S/C38H50N2O10/c1-10-39-17-24-29-34(45)27-26(33(24)44)28-35(23(7)32(27)43)50-38(8,36(28)46)49-15-14-25(48-9)20(4)16-21(5)31(42)22(6)30(41)18(2)12-11-13-19(3)37(47)40-29/h11-15,17-18,20-22,25,30-31,41-45H,10,16H2,1-9H3,(H,40,47)/b12-11+,15-14+,19-13-,39-17+/t18-,20-,21-,22+,25-,30-,31-,38-/m0/s1. The van der Waals surface area contributed by atoms with Gasteiger partial charge in [0.25, 0.3) is 11.7 Å². The molecule has 5 bridgehead atoms. The van der Waals surface area contributed by atoms with E-state index in [9.17, 15) is 35.1 Å². The minimum atomic E-state index is -1.92. The number of hydrogen-bond acceptors (Lipinski definition) is 11. The first-order valence-corrected chi connectivity index (χ1v) is 16.9. The summed E-state index contributed by atoms with van der Waals surface area (Å²) in [5, 5.41) is 59.1. The zero-order valence-corrected chi connectivity index (χ0v) is 30.1. The molecule has 0 unspecified atom stereocenters. The lowest BCUT2D eigenvalue weighted by Crippen LogP contribution is -2.38. The SMILES string of the molecule is CC/N=C/c1c2c(O)c3c(O)c(C)c4c(c3c1O)C(=O)[C@@](C)(O/C=C/[C@H](OC)[C@@H](C)C[C@H](C)[C@H](O)[C@H](C)[C@@H](O)[C@@H](C)/C=C/C=C(/C)C(=O)N2)O4. The normalized spacial score (nSPS) is 32.1. The zero-order valence-electron chi connectivity index (χ0n) is 30.1. The van der Waals surface area contributed by atoms with Crippen LogP contribution in [0.25, 0.3) is 10.8 Å². The molecular weight excluding hydrogens is 644 g/mol. The molecule has 0 aliphatic carbocycles. The number of aliphatic imine (C=N–C) groups is 1. The van der Waals surface area contributed by atoms with Crippen LogP contribution in [0, 0.1) is 30.6 Å². The third-order valence-electron chi connectivity index (χ3n) is 9.93. The number of amides is 1. The van der Waals surface area contributed by atoms with Crippen molar-refractivity contribution in [3.8, 4) is 23.0 Å². The van der Waals surface area contributed by atoms with E-state index in [0.717, 1.165) is 0 Å². The Hall–Kier alpha value is -4.39. The molecule has 2 aromatic rings. The number of aliphatic hydroxyl groups is 2. The van der Waals surface area contributed by atoms with E-state index in [1.807, 2.05) is 20.8 Å². The van der Waals surface area contributed by atoms with Gasteiger partial charge in [0.15, 0.2) is 5.75 Å². The average Bonchev–Trinajstić information content (AvgIpc) is 3.34. The summed E-state index contributed by atoms with van der Waals surface area (Å²) in [6, 6.07) is 0. The highest BCUT2D eigenvalue weighted by Crippen LogP contribution is 2.55. The fourth-order valence-electron chi connectivity index (χ4n) is 6.72. The molecular formula is C38H50N2O10. The number of ketones is 1. The summed E-state index contributed by atoms with van der Waals surface area (Å²) in [7, 11) is 1.54. The zero-order chi connectivity index (χ0) is 37.2. The van der Waals surface area contributed by atoms with E-state index in [4.69, 9.17) is 14.2 Å². The molecule has 0 spiro atoms. The molecule has 0 saturated carbocycles. The molecule has 2 aromatic carbocycles. The lowest BCUT2D eigenvalue weighted by Gasteiger charge is -2.32. The van der Waals surface area contributed by atoms with Crippen LogP contribution in [0.2, 0.25) is 0 Å². The summed E-state index contributed by atoms with van der Waals surface area (Å²) in [4.78, 5) is 31.7. The van der Waals surface area contributed by atoms with Crippen LogP contribution >= 0.6 is 0 Å². The van der Waals surface area contributed by atoms with Gasteiger partial charge in [-0.15, -0.1) is 0 Å². The van der Waals surface area contributed by atoms with Gasteiger partial charge in [-0.3, -0.25) is 14.6 Å². The van der Waals surface area contributed by atoms with Crippen molar-refractivity contribution in [2.45, 2.75) is 85.9 Å². The smallest absolute Gasteiger partial charge is 0.312 e. The van der Waals surface area contributed by atoms with Gasteiger partial charge < -0.3 is 45.1 Å². The van der Waals surface area contributed by atoms with Crippen LogP contribution in [0.1, 0.15) is 76.4 Å². The third-order valence-corrected chi connectivity index (χ3v) is 9.93. The van der Waals surface area contributed by atoms with Gasteiger partial charge in [0.2, 0.25) is 0 Å². The minimum Gasteiger partial charge on any atom is -0.507 e. The maximum Gasteiger partial charge on any atom is 0.312 e. The Bertz CT molecular complexity index is 1760. The van der Waals surface area contributed by atoms with E-state index in [-0.39, 0.29) is 62.2 Å². The molecule has 50 heavy (non-hydrogen) atoms.